The lowest BCUT2D eigenvalue weighted by Crippen LogP contribution is -2.44. The molecule has 0 aromatic carbocycles. The highest BCUT2D eigenvalue weighted by molar-refractivity contribution is 7.47. The van der Waals surface area contributed by atoms with E-state index in [0.717, 1.165) is 0 Å². The van der Waals surface area contributed by atoms with Crippen molar-refractivity contribution < 1.29 is 4.52 Å². The first kappa shape index (κ1) is 18.4. The van der Waals surface area contributed by atoms with Crippen LogP contribution < -0.4 is 0 Å². The Morgan fingerprint density at radius 1 is 0.750 bits per heavy atom. The van der Waals surface area contributed by atoms with Gasteiger partial charge in [0.25, 0.3) is 0 Å². The van der Waals surface area contributed by atoms with Gasteiger partial charge in [-0.25, -0.2) is 9.34 Å². The summed E-state index contributed by atoms with van der Waals surface area (Å²) in [5.41, 5.74) is 0. The molecule has 0 aromatic rings. The Labute approximate surface area is 128 Å². The molecule has 1 rings (SSSR count). The van der Waals surface area contributed by atoms with Gasteiger partial charge in [-0.2, -0.15) is 0 Å². The van der Waals surface area contributed by atoms with Gasteiger partial charge in [-0.1, -0.05) is 0 Å². The van der Waals surface area contributed by atoms with Crippen LogP contribution in [0.3, 0.4) is 0 Å². The van der Waals surface area contributed by atoms with Gasteiger partial charge in [0.05, 0.1) is 6.10 Å². The minimum atomic E-state index is -0.673. The van der Waals surface area contributed by atoms with Crippen LogP contribution in [-0.4, -0.2) is 39.6 Å². The molecule has 0 saturated heterocycles. The molecule has 0 amide bonds. The Hall–Kier alpha value is 0.310. The first-order chi connectivity index (χ1) is 9.25. The molecular weight excluding hydrogens is 267 g/mol. The van der Waals surface area contributed by atoms with Crippen molar-refractivity contribution in [1.82, 2.24) is 9.34 Å². The minimum absolute atomic E-state index is 0.487. The third kappa shape index (κ3) is 4.66. The largest absolute Gasteiger partial charge is 0.328 e. The molecule has 1 aliphatic carbocycles. The first-order valence-electron chi connectivity index (χ1n) is 8.29. The van der Waals surface area contributed by atoms with Gasteiger partial charge in [0.2, 0.25) is 0 Å². The molecule has 0 aromatic heterocycles. The van der Waals surface area contributed by atoms with E-state index in [-0.39, 0.29) is 0 Å². The van der Waals surface area contributed by atoms with Crippen molar-refractivity contribution in [2.24, 2.45) is 0 Å². The Kier molecular flexibility index (Phi) is 7.41. The molecule has 0 aliphatic heterocycles. The fourth-order valence-electron chi connectivity index (χ4n) is 2.82. The van der Waals surface area contributed by atoms with Crippen molar-refractivity contribution >= 4 is 8.45 Å². The maximum Gasteiger partial charge on any atom is 0.189 e. The molecule has 1 fully saturated rings. The van der Waals surface area contributed by atoms with Crippen molar-refractivity contribution in [2.75, 3.05) is 0 Å². The summed E-state index contributed by atoms with van der Waals surface area (Å²) in [7, 11) is -0.673. The zero-order chi connectivity index (χ0) is 15.4. The lowest BCUT2D eigenvalue weighted by molar-refractivity contribution is 0.0921. The predicted molar refractivity (Wildman–Crippen MR) is 89.9 cm³/mol. The Balaban J connectivity index is 2.96. The standard InChI is InChI=1S/C16H35N2OP/c1-12(2)17(13(3)4)20(19-16-10-9-11-16)18(14(5)6)15(7)8/h12-16H,9-11H2,1-8H3. The predicted octanol–water partition coefficient (Wildman–Crippen LogP) is 5.02. The summed E-state index contributed by atoms with van der Waals surface area (Å²) in [6.45, 7) is 18.3. The Morgan fingerprint density at radius 3 is 1.30 bits per heavy atom. The van der Waals surface area contributed by atoms with E-state index in [4.69, 9.17) is 4.52 Å². The van der Waals surface area contributed by atoms with Crippen molar-refractivity contribution in [1.29, 1.82) is 0 Å². The van der Waals surface area contributed by atoms with E-state index in [1.54, 1.807) is 0 Å². The molecular formula is C16H35N2OP. The smallest absolute Gasteiger partial charge is 0.189 e. The van der Waals surface area contributed by atoms with E-state index in [1.165, 1.54) is 19.3 Å². The quantitative estimate of drug-likeness (QED) is 0.585. The average Bonchev–Trinajstić information content (AvgIpc) is 2.20. The van der Waals surface area contributed by atoms with Crippen LogP contribution in [0.2, 0.25) is 0 Å². The number of nitrogens with zero attached hydrogens (tertiary/aromatic N) is 2. The van der Waals surface area contributed by atoms with Gasteiger partial charge < -0.3 is 4.52 Å². The summed E-state index contributed by atoms with van der Waals surface area (Å²) in [6, 6.07) is 2.06. The van der Waals surface area contributed by atoms with E-state index < -0.39 is 8.45 Å². The van der Waals surface area contributed by atoms with Crippen LogP contribution in [0.15, 0.2) is 0 Å². The Bertz CT molecular complexity index is 242. The summed E-state index contributed by atoms with van der Waals surface area (Å²) in [6.07, 6.45) is 4.31. The highest BCUT2D eigenvalue weighted by Gasteiger charge is 2.37. The zero-order valence-corrected chi connectivity index (χ0v) is 15.7. The maximum atomic E-state index is 6.57. The summed E-state index contributed by atoms with van der Waals surface area (Å²) >= 11 is 0. The van der Waals surface area contributed by atoms with E-state index in [1.807, 2.05) is 0 Å². The van der Waals surface area contributed by atoms with E-state index in [9.17, 15) is 0 Å². The second-order valence-electron chi connectivity index (χ2n) is 7.05. The first-order valence-corrected chi connectivity index (χ1v) is 9.45. The third-order valence-electron chi connectivity index (χ3n) is 3.81. The van der Waals surface area contributed by atoms with Gasteiger partial charge in [-0.3, -0.25) is 0 Å². The van der Waals surface area contributed by atoms with Gasteiger partial charge in [0.15, 0.2) is 8.45 Å². The van der Waals surface area contributed by atoms with Crippen molar-refractivity contribution in [3.63, 3.8) is 0 Å². The Morgan fingerprint density at radius 2 is 1.10 bits per heavy atom. The molecule has 0 spiro atoms. The molecule has 0 unspecified atom stereocenters. The molecule has 0 heterocycles. The molecule has 120 valence electrons. The molecule has 4 heteroatoms. The van der Waals surface area contributed by atoms with E-state index in [2.05, 4.69) is 64.7 Å². The van der Waals surface area contributed by atoms with Gasteiger partial charge >= 0.3 is 0 Å². The summed E-state index contributed by atoms with van der Waals surface area (Å²) in [5, 5.41) is 0. The SMILES string of the molecule is CC(C)N(C(C)C)P(OC1CCC1)N(C(C)C)C(C)C. The van der Waals surface area contributed by atoms with Crippen LogP contribution in [0, 0.1) is 0 Å². The normalized spacial score (nSPS) is 17.6. The van der Waals surface area contributed by atoms with Gasteiger partial charge in [-0.15, -0.1) is 0 Å². The van der Waals surface area contributed by atoms with Crippen molar-refractivity contribution in [3.05, 3.63) is 0 Å². The molecule has 0 bridgehead atoms. The molecule has 0 atom stereocenters. The monoisotopic (exact) mass is 302 g/mol. The lowest BCUT2D eigenvalue weighted by atomic mass is 9.97. The number of hydrogen-bond donors (Lipinski definition) is 0. The lowest BCUT2D eigenvalue weighted by Gasteiger charge is -2.47. The average molecular weight is 302 g/mol. The molecule has 1 aliphatic rings. The number of hydrogen-bond acceptors (Lipinski definition) is 3. The minimum Gasteiger partial charge on any atom is -0.328 e. The van der Waals surface area contributed by atoms with Gasteiger partial charge in [0.1, 0.15) is 0 Å². The second-order valence-corrected chi connectivity index (χ2v) is 8.69. The highest BCUT2D eigenvalue weighted by atomic mass is 31.2. The zero-order valence-electron chi connectivity index (χ0n) is 14.8. The van der Waals surface area contributed by atoms with Crippen LogP contribution in [0.1, 0.15) is 74.7 Å². The highest BCUT2D eigenvalue weighted by Crippen LogP contribution is 2.53. The summed E-state index contributed by atoms with van der Waals surface area (Å²) < 4.78 is 11.7. The van der Waals surface area contributed by atoms with Crippen LogP contribution in [0.25, 0.3) is 0 Å². The molecule has 3 nitrogen and oxygen atoms in total. The van der Waals surface area contributed by atoms with Gasteiger partial charge in [0, 0.05) is 24.2 Å². The summed E-state index contributed by atoms with van der Waals surface area (Å²) in [4.78, 5) is 0. The number of rotatable bonds is 8. The molecule has 0 N–H and O–H groups in total. The topological polar surface area (TPSA) is 15.7 Å². The van der Waals surface area contributed by atoms with Crippen LogP contribution in [-0.2, 0) is 4.52 Å². The third-order valence-corrected chi connectivity index (χ3v) is 6.93. The van der Waals surface area contributed by atoms with E-state index in [0.29, 0.717) is 30.3 Å². The molecule has 20 heavy (non-hydrogen) atoms. The fourth-order valence-corrected chi connectivity index (χ4v) is 5.33. The molecule has 1 saturated carbocycles. The fraction of sp³-hybridized carbons (Fsp3) is 1.00. The maximum absolute atomic E-state index is 6.57. The van der Waals surface area contributed by atoms with Crippen LogP contribution in [0.5, 0.6) is 0 Å². The van der Waals surface area contributed by atoms with Crippen molar-refractivity contribution in [3.8, 4) is 0 Å². The van der Waals surface area contributed by atoms with Gasteiger partial charge in [-0.05, 0) is 74.7 Å². The van der Waals surface area contributed by atoms with Crippen molar-refractivity contribution in [2.45, 2.75) is 105 Å². The summed E-state index contributed by atoms with van der Waals surface area (Å²) in [5.74, 6) is 0. The van der Waals surface area contributed by atoms with Crippen LogP contribution in [0.4, 0.5) is 0 Å². The van der Waals surface area contributed by atoms with E-state index >= 15 is 0 Å². The molecule has 0 radical (unpaired) electrons. The second kappa shape index (κ2) is 8.08. The van der Waals surface area contributed by atoms with Crippen LogP contribution >= 0.6 is 8.45 Å².